The standard InChI is InChI=1S/C25H38O5/c1-6-25(4,5)24(28)30-21-12-15(2)11-17-8-7-16(3)20(23(17)21)10-9-19-13-18(26)14-22(27)29-19/h7-8,11,15-16,18-21,23,26H,6,9-10,12-14H2,1-5H3/t15-,16-,18+,19?,20-,21?,23-/m0/s1/i7D,8D,11D,12D2,15D,16D,26D. The van der Waals surface area contributed by atoms with Crippen molar-refractivity contribution in [2.75, 3.05) is 0 Å². The summed E-state index contributed by atoms with van der Waals surface area (Å²) in [6, 6.07) is -1.27. The number of hydrogen-bond donors (Lipinski definition) is 1. The van der Waals surface area contributed by atoms with Gasteiger partial charge in [0.2, 0.25) is 1.43 Å². The van der Waals surface area contributed by atoms with Gasteiger partial charge in [-0.1, -0.05) is 38.9 Å². The van der Waals surface area contributed by atoms with Crippen molar-refractivity contribution in [1.29, 1.82) is 1.43 Å². The van der Waals surface area contributed by atoms with Crippen LogP contribution >= 0.6 is 0 Å². The number of ether oxygens (including phenoxy) is 2. The molecule has 2 aliphatic carbocycles. The molecule has 168 valence electrons. The fraction of sp³-hybridized carbons (Fsp3) is 0.760. The van der Waals surface area contributed by atoms with E-state index >= 15 is 0 Å². The van der Waals surface area contributed by atoms with Gasteiger partial charge in [-0.3, -0.25) is 9.59 Å². The average molecular weight is 427 g/mol. The van der Waals surface area contributed by atoms with Gasteiger partial charge in [0, 0.05) is 17.8 Å². The molecule has 1 heterocycles. The van der Waals surface area contributed by atoms with E-state index in [4.69, 9.17) is 20.5 Å². The van der Waals surface area contributed by atoms with Gasteiger partial charge in [0.1, 0.15) is 12.2 Å². The van der Waals surface area contributed by atoms with Crippen LogP contribution in [0.25, 0.3) is 0 Å². The van der Waals surface area contributed by atoms with Crippen LogP contribution < -0.4 is 0 Å². The predicted molar refractivity (Wildman–Crippen MR) is 115 cm³/mol. The fourth-order valence-corrected chi connectivity index (χ4v) is 4.14. The number of carbonyl (C=O) groups is 2. The molecular weight excluding hydrogens is 380 g/mol. The third kappa shape index (κ3) is 5.16. The lowest BCUT2D eigenvalue weighted by atomic mass is 9.65. The molecule has 0 amide bonds. The first-order valence-electron chi connectivity index (χ1n) is 14.7. The van der Waals surface area contributed by atoms with Crippen molar-refractivity contribution in [2.24, 2.45) is 29.0 Å². The molecule has 3 rings (SSSR count). The van der Waals surface area contributed by atoms with E-state index in [-0.39, 0.29) is 37.3 Å². The summed E-state index contributed by atoms with van der Waals surface area (Å²) >= 11 is 0. The minimum atomic E-state index is -2.55. The summed E-state index contributed by atoms with van der Waals surface area (Å²) < 4.78 is 80.0. The maximum Gasteiger partial charge on any atom is 0.311 e. The fourth-order valence-electron chi connectivity index (χ4n) is 4.14. The molecule has 0 aromatic heterocycles. The van der Waals surface area contributed by atoms with Gasteiger partial charge in [-0.25, -0.2) is 0 Å². The van der Waals surface area contributed by atoms with Crippen LogP contribution in [0.4, 0.5) is 0 Å². The van der Waals surface area contributed by atoms with Crippen molar-refractivity contribution < 1.29 is 33.8 Å². The van der Waals surface area contributed by atoms with E-state index < -0.39 is 77.8 Å². The molecule has 7 atom stereocenters. The first-order chi connectivity index (χ1) is 17.3. The Hall–Kier alpha value is -1.62. The van der Waals surface area contributed by atoms with Crippen LogP contribution in [0, 0.1) is 29.0 Å². The second-order valence-corrected chi connectivity index (χ2v) is 9.19. The maximum atomic E-state index is 13.2. The Labute approximate surface area is 192 Å². The topological polar surface area (TPSA) is 72.8 Å². The molecule has 0 radical (unpaired) electrons. The predicted octanol–water partition coefficient (Wildman–Crippen LogP) is 4.59. The molecule has 0 aromatic carbocycles. The van der Waals surface area contributed by atoms with Crippen molar-refractivity contribution in [2.45, 2.75) is 91.4 Å². The number of fused-ring (bicyclic) bond motifs is 1. The first kappa shape index (κ1) is 14.4. The highest BCUT2D eigenvalue weighted by molar-refractivity contribution is 5.76. The number of allylic oxidation sites excluding steroid dienone is 3. The molecule has 1 fully saturated rings. The van der Waals surface area contributed by atoms with Crippen LogP contribution in [-0.4, -0.2) is 36.8 Å². The Morgan fingerprint density at radius 3 is 2.93 bits per heavy atom. The summed E-state index contributed by atoms with van der Waals surface area (Å²) in [4.78, 5) is 25.2. The monoisotopic (exact) mass is 426 g/mol. The average Bonchev–Trinajstić information content (AvgIpc) is 2.83. The molecular formula is C25H38O5. The molecule has 0 spiro atoms. The summed E-state index contributed by atoms with van der Waals surface area (Å²) in [5.41, 5.74) is -1.02. The third-order valence-electron chi connectivity index (χ3n) is 6.41. The molecule has 1 saturated heterocycles. The molecule has 0 aromatic rings. The molecule has 3 aliphatic rings. The summed E-state index contributed by atoms with van der Waals surface area (Å²) in [7, 11) is 0. The van der Waals surface area contributed by atoms with Crippen molar-refractivity contribution >= 4 is 11.9 Å². The van der Waals surface area contributed by atoms with Gasteiger partial charge < -0.3 is 14.6 Å². The second kappa shape index (κ2) is 9.25. The Morgan fingerprint density at radius 1 is 1.47 bits per heavy atom. The maximum absolute atomic E-state index is 13.2. The largest absolute Gasteiger partial charge is 0.462 e. The summed E-state index contributed by atoms with van der Waals surface area (Å²) in [5.74, 6) is -7.15. The van der Waals surface area contributed by atoms with Gasteiger partial charge in [-0.2, -0.15) is 0 Å². The highest BCUT2D eigenvalue weighted by Crippen LogP contribution is 2.45. The quantitative estimate of drug-likeness (QED) is 0.603. The smallest absolute Gasteiger partial charge is 0.311 e. The van der Waals surface area contributed by atoms with Crippen molar-refractivity contribution in [1.82, 2.24) is 0 Å². The van der Waals surface area contributed by atoms with E-state index in [9.17, 15) is 9.59 Å². The Balaban J connectivity index is 2.12. The van der Waals surface area contributed by atoms with Crippen LogP contribution in [0.1, 0.15) is 82.7 Å². The number of aliphatic hydroxyl groups is 1. The summed E-state index contributed by atoms with van der Waals surface area (Å²) in [5, 5.41) is 4.60. The van der Waals surface area contributed by atoms with Gasteiger partial charge in [-0.15, -0.1) is 0 Å². The highest BCUT2D eigenvalue weighted by Gasteiger charge is 2.43. The third-order valence-corrected chi connectivity index (χ3v) is 6.41. The molecule has 5 nitrogen and oxygen atoms in total. The SMILES string of the molecule is [2H]O[C@H]1CC(=O)OC(CC[C@@H]2[C@@H]3C(=C([2H])[C@]([2H])(C)C([2H])([2H])C3OC(=O)C(C)(C)CC)C([2H])=C([2H])[C@]2([2H])C)C1. The van der Waals surface area contributed by atoms with Crippen molar-refractivity contribution in [3.05, 3.63) is 23.7 Å². The molecule has 5 heteroatoms. The zero-order chi connectivity index (χ0) is 29.0. The minimum Gasteiger partial charge on any atom is -0.462 e. The zero-order valence-electron chi connectivity index (χ0n) is 26.5. The molecule has 0 saturated carbocycles. The molecule has 1 aliphatic heterocycles. The van der Waals surface area contributed by atoms with E-state index in [0.29, 0.717) is 6.42 Å². The second-order valence-electron chi connectivity index (χ2n) is 9.19. The Kier molecular flexibility index (Phi) is 4.45. The van der Waals surface area contributed by atoms with Crippen LogP contribution in [0.2, 0.25) is 0 Å². The van der Waals surface area contributed by atoms with Crippen molar-refractivity contribution in [3.63, 3.8) is 0 Å². The number of aliphatic hydroxyl groups excluding tert-OH is 1. The number of carbonyl (C=O) groups excluding carboxylic acids is 2. The lowest BCUT2D eigenvalue weighted by Crippen LogP contribution is -2.43. The number of hydrogen-bond acceptors (Lipinski definition) is 5. The number of esters is 2. The Bertz CT molecular complexity index is 1030. The molecule has 1 N–H and O–H groups in total. The molecule has 2 unspecified atom stereocenters. The van der Waals surface area contributed by atoms with Gasteiger partial charge in [0.05, 0.1) is 22.1 Å². The summed E-state index contributed by atoms with van der Waals surface area (Å²) in [6.45, 7) is 7.75. The van der Waals surface area contributed by atoms with Gasteiger partial charge in [0.15, 0.2) is 0 Å². The normalized spacial score (nSPS) is 47.9. The molecule has 0 bridgehead atoms. The van der Waals surface area contributed by atoms with Gasteiger partial charge >= 0.3 is 11.9 Å². The van der Waals surface area contributed by atoms with Crippen LogP contribution in [-0.2, 0) is 19.1 Å². The molecule has 30 heavy (non-hydrogen) atoms. The Morgan fingerprint density at radius 2 is 2.23 bits per heavy atom. The number of cyclic esters (lactones) is 1. The number of rotatable bonds is 7. The summed E-state index contributed by atoms with van der Waals surface area (Å²) in [6.07, 6.45) is -4.48. The van der Waals surface area contributed by atoms with E-state index in [1.807, 2.05) is 0 Å². The van der Waals surface area contributed by atoms with Gasteiger partial charge in [0.25, 0.3) is 0 Å². The lowest BCUT2D eigenvalue weighted by molar-refractivity contribution is -0.166. The van der Waals surface area contributed by atoms with Crippen LogP contribution in [0.15, 0.2) is 23.7 Å². The van der Waals surface area contributed by atoms with Crippen molar-refractivity contribution in [3.8, 4) is 0 Å². The minimum absolute atomic E-state index is 0.0490. The van der Waals surface area contributed by atoms with Gasteiger partial charge in [-0.05, 0) is 62.8 Å². The lowest BCUT2D eigenvalue weighted by Gasteiger charge is -2.44. The van der Waals surface area contributed by atoms with E-state index in [1.54, 1.807) is 20.8 Å². The zero-order valence-corrected chi connectivity index (χ0v) is 18.5. The first-order valence-corrected chi connectivity index (χ1v) is 10.8. The van der Waals surface area contributed by atoms with E-state index in [2.05, 4.69) is 5.11 Å². The van der Waals surface area contributed by atoms with Crippen LogP contribution in [0.5, 0.6) is 0 Å². The highest BCUT2D eigenvalue weighted by atomic mass is 16.6. The van der Waals surface area contributed by atoms with E-state index in [0.717, 1.165) is 0 Å². The van der Waals surface area contributed by atoms with Crippen LogP contribution in [0.3, 0.4) is 0 Å². The van der Waals surface area contributed by atoms with E-state index in [1.165, 1.54) is 13.8 Å².